The maximum Gasteiger partial charge on any atom is 0.218 e. The second-order valence-corrected chi connectivity index (χ2v) is 4.56. The minimum absolute atomic E-state index is 0.0143. The molecule has 5 heteroatoms. The highest BCUT2D eigenvalue weighted by atomic mass is 35.5. The first kappa shape index (κ1) is 12.4. The Morgan fingerprint density at radius 2 is 1.50 bits per heavy atom. The maximum atomic E-state index is 11.3. The molecule has 1 aliphatic rings. The first-order valence-corrected chi connectivity index (χ1v) is 5.66. The van der Waals surface area contributed by atoms with Gasteiger partial charge in [-0.1, -0.05) is 59.7 Å². The average Bonchev–Trinajstić information content (AvgIpc) is 2.19. The van der Waals surface area contributed by atoms with Crippen molar-refractivity contribution in [2.45, 2.75) is 19.8 Å². The van der Waals surface area contributed by atoms with Gasteiger partial charge in [-0.15, -0.1) is 0 Å². The number of carbonyl (C=O) groups excluding carboxylic acids is 1. The second-order valence-electron chi connectivity index (χ2n) is 2.99. The molecule has 0 spiro atoms. The molecule has 0 aromatic rings. The summed E-state index contributed by atoms with van der Waals surface area (Å²) in [7, 11) is 0. The van der Waals surface area contributed by atoms with E-state index in [4.69, 9.17) is 46.4 Å². The molecular weight excluding hydrogens is 266 g/mol. The highest BCUT2D eigenvalue weighted by molar-refractivity contribution is 6.60. The monoisotopic (exact) mass is 272 g/mol. The SMILES string of the molecule is CCCC1C(Cl)=C(Cl)C(=O)C(Cl)=C1Cl. The van der Waals surface area contributed by atoms with Gasteiger partial charge in [-0.05, 0) is 6.42 Å². The van der Waals surface area contributed by atoms with Crippen molar-refractivity contribution in [2.24, 2.45) is 5.92 Å². The minimum atomic E-state index is -0.490. The summed E-state index contributed by atoms with van der Waals surface area (Å²) >= 11 is 23.3. The van der Waals surface area contributed by atoms with Crippen molar-refractivity contribution in [1.82, 2.24) is 0 Å². The summed E-state index contributed by atoms with van der Waals surface area (Å²) in [6.45, 7) is 1.99. The van der Waals surface area contributed by atoms with Crippen molar-refractivity contribution in [3.05, 3.63) is 20.1 Å². The van der Waals surface area contributed by atoms with Crippen LogP contribution in [0.2, 0.25) is 0 Å². The number of carbonyl (C=O) groups is 1. The van der Waals surface area contributed by atoms with Crippen LogP contribution in [0.1, 0.15) is 19.8 Å². The Morgan fingerprint density at radius 1 is 1.07 bits per heavy atom. The van der Waals surface area contributed by atoms with E-state index in [9.17, 15) is 4.79 Å². The third-order valence-electron chi connectivity index (χ3n) is 2.01. The molecule has 0 fully saturated rings. The molecule has 1 aliphatic carbocycles. The maximum absolute atomic E-state index is 11.3. The lowest BCUT2D eigenvalue weighted by molar-refractivity contribution is -0.111. The quantitative estimate of drug-likeness (QED) is 0.730. The topological polar surface area (TPSA) is 17.1 Å². The van der Waals surface area contributed by atoms with Crippen LogP contribution in [0.5, 0.6) is 0 Å². The summed E-state index contributed by atoms with van der Waals surface area (Å²) in [6.07, 6.45) is 1.62. The summed E-state index contributed by atoms with van der Waals surface area (Å²) < 4.78 is 0. The number of rotatable bonds is 2. The van der Waals surface area contributed by atoms with E-state index >= 15 is 0 Å². The zero-order chi connectivity index (χ0) is 10.9. The van der Waals surface area contributed by atoms with Crippen LogP contribution in [0, 0.1) is 5.92 Å². The number of hydrogen-bond donors (Lipinski definition) is 0. The summed E-state index contributed by atoms with van der Waals surface area (Å²) in [4.78, 5) is 11.3. The molecule has 0 N–H and O–H groups in total. The van der Waals surface area contributed by atoms with E-state index in [1.54, 1.807) is 0 Å². The van der Waals surface area contributed by atoms with Gasteiger partial charge in [-0.25, -0.2) is 0 Å². The molecule has 0 unspecified atom stereocenters. The molecule has 0 aromatic carbocycles. The van der Waals surface area contributed by atoms with Gasteiger partial charge in [0.25, 0.3) is 0 Å². The van der Waals surface area contributed by atoms with Crippen molar-refractivity contribution < 1.29 is 4.79 Å². The standard InChI is InChI=1S/C9H8Cl4O/c1-2-3-4-5(10)7(12)9(14)8(13)6(4)11/h4H,2-3H2,1H3. The van der Waals surface area contributed by atoms with Gasteiger partial charge in [0.05, 0.1) is 0 Å². The molecule has 1 nitrogen and oxygen atoms in total. The van der Waals surface area contributed by atoms with Crippen molar-refractivity contribution in [3.8, 4) is 0 Å². The van der Waals surface area contributed by atoms with Crippen LogP contribution in [-0.2, 0) is 4.79 Å². The second kappa shape index (κ2) is 4.89. The number of allylic oxidation sites excluding steroid dienone is 4. The molecule has 0 saturated heterocycles. The predicted molar refractivity (Wildman–Crippen MR) is 60.9 cm³/mol. The summed E-state index contributed by atoms with van der Waals surface area (Å²) in [6, 6.07) is 0. The molecule has 0 aromatic heterocycles. The fourth-order valence-corrected chi connectivity index (χ4v) is 2.44. The van der Waals surface area contributed by atoms with Gasteiger partial charge in [0.15, 0.2) is 0 Å². The molecule has 1 rings (SSSR count). The molecule has 0 saturated carbocycles. The Hall–Kier alpha value is 0.310. The number of hydrogen-bond acceptors (Lipinski definition) is 1. The van der Waals surface area contributed by atoms with Crippen molar-refractivity contribution in [2.75, 3.05) is 0 Å². The van der Waals surface area contributed by atoms with E-state index < -0.39 is 5.78 Å². The fraction of sp³-hybridized carbons (Fsp3) is 0.444. The Morgan fingerprint density at radius 3 is 1.86 bits per heavy atom. The van der Waals surface area contributed by atoms with E-state index in [2.05, 4.69) is 0 Å². The van der Waals surface area contributed by atoms with Crippen LogP contribution >= 0.6 is 46.4 Å². The highest BCUT2D eigenvalue weighted by Crippen LogP contribution is 2.42. The van der Waals surface area contributed by atoms with Crippen molar-refractivity contribution in [1.29, 1.82) is 0 Å². The summed E-state index contributed by atoms with van der Waals surface area (Å²) in [5.74, 6) is -0.711. The van der Waals surface area contributed by atoms with Crippen molar-refractivity contribution >= 4 is 52.2 Å². The van der Waals surface area contributed by atoms with E-state index in [-0.39, 0.29) is 16.0 Å². The zero-order valence-corrected chi connectivity index (χ0v) is 10.4. The van der Waals surface area contributed by atoms with Crippen LogP contribution in [0.15, 0.2) is 20.1 Å². The predicted octanol–water partition coefficient (Wildman–Crippen LogP) is 4.36. The normalized spacial score (nSPS) is 19.6. The first-order valence-electron chi connectivity index (χ1n) is 4.15. The van der Waals surface area contributed by atoms with Gasteiger partial charge < -0.3 is 0 Å². The Labute approximate surface area is 103 Å². The van der Waals surface area contributed by atoms with Crippen LogP contribution in [0.3, 0.4) is 0 Å². The molecule has 0 bridgehead atoms. The van der Waals surface area contributed by atoms with E-state index in [1.165, 1.54) is 0 Å². The van der Waals surface area contributed by atoms with Gasteiger partial charge in [0.2, 0.25) is 5.78 Å². The molecule has 14 heavy (non-hydrogen) atoms. The molecular formula is C9H8Cl4O. The van der Waals surface area contributed by atoms with Gasteiger partial charge in [0.1, 0.15) is 10.1 Å². The minimum Gasteiger partial charge on any atom is -0.287 e. The molecule has 78 valence electrons. The highest BCUT2D eigenvalue weighted by Gasteiger charge is 2.32. The Bertz CT molecular complexity index is 302. The summed E-state index contributed by atoms with van der Waals surface area (Å²) in [5.41, 5.74) is 0. The Kier molecular flexibility index (Phi) is 4.32. The fourth-order valence-electron chi connectivity index (χ4n) is 1.27. The largest absolute Gasteiger partial charge is 0.287 e. The van der Waals surface area contributed by atoms with Gasteiger partial charge >= 0.3 is 0 Å². The lowest BCUT2D eigenvalue weighted by Crippen LogP contribution is -2.15. The van der Waals surface area contributed by atoms with Gasteiger partial charge in [0, 0.05) is 16.0 Å². The molecule has 0 atom stereocenters. The van der Waals surface area contributed by atoms with E-state index in [1.807, 2.05) is 6.92 Å². The molecule has 0 aliphatic heterocycles. The van der Waals surface area contributed by atoms with E-state index in [0.717, 1.165) is 12.8 Å². The first-order chi connectivity index (χ1) is 6.50. The summed E-state index contributed by atoms with van der Waals surface area (Å²) in [5, 5.41) is 0.569. The third kappa shape index (κ3) is 2.11. The molecule has 0 amide bonds. The third-order valence-corrected chi connectivity index (χ3v) is 3.86. The van der Waals surface area contributed by atoms with Crippen LogP contribution < -0.4 is 0 Å². The average molecular weight is 274 g/mol. The zero-order valence-electron chi connectivity index (χ0n) is 7.41. The van der Waals surface area contributed by atoms with Crippen LogP contribution in [0.4, 0.5) is 0 Å². The Balaban J connectivity index is 3.12. The van der Waals surface area contributed by atoms with Crippen LogP contribution in [-0.4, -0.2) is 5.78 Å². The lowest BCUT2D eigenvalue weighted by atomic mass is 9.97. The molecule has 0 radical (unpaired) electrons. The van der Waals surface area contributed by atoms with Crippen molar-refractivity contribution in [3.63, 3.8) is 0 Å². The number of halogens is 4. The molecule has 0 heterocycles. The van der Waals surface area contributed by atoms with Crippen LogP contribution in [0.25, 0.3) is 0 Å². The lowest BCUT2D eigenvalue weighted by Gasteiger charge is -2.21. The smallest absolute Gasteiger partial charge is 0.218 e. The number of Topliss-reactive ketones (excluding diaryl/α,β-unsaturated/α-hetero) is 1. The van der Waals surface area contributed by atoms with Gasteiger partial charge in [-0.2, -0.15) is 0 Å². The van der Waals surface area contributed by atoms with E-state index in [0.29, 0.717) is 10.1 Å². The van der Waals surface area contributed by atoms with Gasteiger partial charge in [-0.3, -0.25) is 4.79 Å². The number of ketones is 1.